The lowest BCUT2D eigenvalue weighted by molar-refractivity contribution is -0.0282. The van der Waals surface area contributed by atoms with E-state index in [-0.39, 0.29) is 24.0 Å². The van der Waals surface area contributed by atoms with Crippen molar-refractivity contribution in [2.75, 3.05) is 6.61 Å². The topological polar surface area (TPSA) is 35.2 Å². The third-order valence-corrected chi connectivity index (χ3v) is 3.98. The van der Waals surface area contributed by atoms with E-state index in [9.17, 15) is 0 Å². The zero-order valence-electron chi connectivity index (χ0n) is 15.8. The van der Waals surface area contributed by atoms with E-state index in [4.69, 9.17) is 10.5 Å². The van der Waals surface area contributed by atoms with Gasteiger partial charge in [-0.05, 0) is 39.5 Å². The van der Waals surface area contributed by atoms with Crippen molar-refractivity contribution in [1.29, 1.82) is 0 Å². The minimum atomic E-state index is -0.0649. The molecular formula is C19H42ClNO. The number of halogens is 1. The standard InChI is InChI=1S/C19H41NO.ClH/c1-17(2)14-12-10-8-6-7-9-11-13-15-21-19(4,5)16-18(3)20;/h17-18H,6-16,20H2,1-5H3;1H. The van der Waals surface area contributed by atoms with Gasteiger partial charge in [-0.1, -0.05) is 65.2 Å². The summed E-state index contributed by atoms with van der Waals surface area (Å²) in [5, 5.41) is 0. The van der Waals surface area contributed by atoms with Crippen LogP contribution in [0.3, 0.4) is 0 Å². The van der Waals surface area contributed by atoms with Gasteiger partial charge in [0, 0.05) is 12.6 Å². The molecule has 2 N–H and O–H groups in total. The molecule has 22 heavy (non-hydrogen) atoms. The van der Waals surface area contributed by atoms with E-state index < -0.39 is 0 Å². The summed E-state index contributed by atoms with van der Waals surface area (Å²) in [5.74, 6) is 0.872. The molecule has 0 saturated heterocycles. The van der Waals surface area contributed by atoms with Gasteiger partial charge in [-0.2, -0.15) is 0 Å². The number of hydrogen-bond donors (Lipinski definition) is 1. The van der Waals surface area contributed by atoms with E-state index in [1.54, 1.807) is 0 Å². The highest BCUT2D eigenvalue weighted by Gasteiger charge is 2.19. The Morgan fingerprint density at radius 1 is 0.818 bits per heavy atom. The highest BCUT2D eigenvalue weighted by Crippen LogP contribution is 2.17. The SMILES string of the molecule is CC(C)CCCCCCCCCCOC(C)(C)CC(C)N.Cl. The van der Waals surface area contributed by atoms with Gasteiger partial charge < -0.3 is 10.5 Å². The Morgan fingerprint density at radius 2 is 1.27 bits per heavy atom. The predicted octanol–water partition coefficient (Wildman–Crippen LogP) is 6.11. The van der Waals surface area contributed by atoms with Gasteiger partial charge in [0.15, 0.2) is 0 Å². The van der Waals surface area contributed by atoms with Crippen LogP contribution in [0.5, 0.6) is 0 Å². The molecule has 0 aliphatic heterocycles. The smallest absolute Gasteiger partial charge is 0.0641 e. The molecule has 0 amide bonds. The molecule has 0 radical (unpaired) electrons. The Balaban J connectivity index is 0. The normalized spacial score (nSPS) is 13.2. The molecule has 136 valence electrons. The van der Waals surface area contributed by atoms with E-state index in [0.717, 1.165) is 18.9 Å². The lowest BCUT2D eigenvalue weighted by atomic mass is 10.0. The molecule has 1 atom stereocenters. The van der Waals surface area contributed by atoms with Gasteiger partial charge in [0.25, 0.3) is 0 Å². The molecule has 0 aromatic carbocycles. The van der Waals surface area contributed by atoms with Crippen molar-refractivity contribution in [3.8, 4) is 0 Å². The molecule has 0 spiro atoms. The van der Waals surface area contributed by atoms with Crippen LogP contribution in [0.15, 0.2) is 0 Å². The highest BCUT2D eigenvalue weighted by atomic mass is 35.5. The summed E-state index contributed by atoms with van der Waals surface area (Å²) >= 11 is 0. The van der Waals surface area contributed by atoms with Crippen molar-refractivity contribution >= 4 is 12.4 Å². The van der Waals surface area contributed by atoms with Gasteiger partial charge in [-0.25, -0.2) is 0 Å². The Morgan fingerprint density at radius 3 is 1.73 bits per heavy atom. The largest absolute Gasteiger partial charge is 0.376 e. The number of ether oxygens (including phenoxy) is 1. The fraction of sp³-hybridized carbons (Fsp3) is 1.00. The molecule has 0 bridgehead atoms. The molecule has 0 aromatic heterocycles. The zero-order chi connectivity index (χ0) is 16.1. The van der Waals surface area contributed by atoms with Crippen molar-refractivity contribution in [2.24, 2.45) is 11.7 Å². The quantitative estimate of drug-likeness (QED) is 0.389. The maximum Gasteiger partial charge on any atom is 0.0641 e. The summed E-state index contributed by atoms with van der Waals surface area (Å²) in [6.45, 7) is 11.9. The summed E-state index contributed by atoms with van der Waals surface area (Å²) < 4.78 is 5.94. The molecular weight excluding hydrogens is 294 g/mol. The van der Waals surface area contributed by atoms with Crippen molar-refractivity contribution in [1.82, 2.24) is 0 Å². The van der Waals surface area contributed by atoms with Crippen LogP contribution in [-0.4, -0.2) is 18.2 Å². The molecule has 0 heterocycles. The summed E-state index contributed by atoms with van der Waals surface area (Å²) in [7, 11) is 0. The number of nitrogens with two attached hydrogens (primary N) is 1. The average molecular weight is 336 g/mol. The first-order chi connectivity index (χ1) is 9.83. The van der Waals surface area contributed by atoms with Crippen LogP contribution in [0, 0.1) is 5.92 Å². The Hall–Kier alpha value is 0.210. The zero-order valence-corrected chi connectivity index (χ0v) is 16.6. The molecule has 0 rings (SSSR count). The molecule has 0 saturated carbocycles. The summed E-state index contributed by atoms with van der Waals surface area (Å²) in [6.07, 6.45) is 13.3. The van der Waals surface area contributed by atoms with Crippen LogP contribution in [0.4, 0.5) is 0 Å². The molecule has 0 fully saturated rings. The summed E-state index contributed by atoms with van der Waals surface area (Å²) in [5.41, 5.74) is 5.77. The predicted molar refractivity (Wildman–Crippen MR) is 102 cm³/mol. The molecule has 0 aromatic rings. The van der Waals surface area contributed by atoms with E-state index >= 15 is 0 Å². The maximum absolute atomic E-state index is 5.94. The van der Waals surface area contributed by atoms with Gasteiger partial charge in [-0.15, -0.1) is 12.4 Å². The lowest BCUT2D eigenvalue weighted by Gasteiger charge is -2.27. The van der Waals surface area contributed by atoms with Gasteiger partial charge in [0.2, 0.25) is 0 Å². The van der Waals surface area contributed by atoms with Crippen molar-refractivity contribution in [3.63, 3.8) is 0 Å². The summed E-state index contributed by atoms with van der Waals surface area (Å²) in [6, 6.07) is 0.218. The minimum absolute atomic E-state index is 0. The van der Waals surface area contributed by atoms with Crippen LogP contribution in [0.1, 0.15) is 98.8 Å². The third kappa shape index (κ3) is 18.3. The fourth-order valence-corrected chi connectivity index (χ4v) is 2.90. The average Bonchev–Trinajstić information content (AvgIpc) is 2.33. The van der Waals surface area contributed by atoms with Crippen LogP contribution >= 0.6 is 12.4 Å². The van der Waals surface area contributed by atoms with Gasteiger partial charge in [-0.3, -0.25) is 0 Å². The first kappa shape index (κ1) is 24.5. The first-order valence-corrected chi connectivity index (χ1v) is 9.23. The second kappa shape index (κ2) is 14.8. The third-order valence-electron chi connectivity index (χ3n) is 3.98. The first-order valence-electron chi connectivity index (χ1n) is 9.23. The van der Waals surface area contributed by atoms with Crippen molar-refractivity contribution in [3.05, 3.63) is 0 Å². The second-order valence-electron chi connectivity index (χ2n) is 7.80. The monoisotopic (exact) mass is 335 g/mol. The molecule has 0 aliphatic carbocycles. The van der Waals surface area contributed by atoms with E-state index in [2.05, 4.69) is 27.7 Å². The number of hydrogen-bond acceptors (Lipinski definition) is 2. The molecule has 0 aliphatic rings. The Labute approximate surface area is 146 Å². The molecule has 2 nitrogen and oxygen atoms in total. The van der Waals surface area contributed by atoms with Crippen molar-refractivity contribution in [2.45, 2.75) is 110 Å². The molecule has 3 heteroatoms. The van der Waals surface area contributed by atoms with Crippen molar-refractivity contribution < 1.29 is 4.74 Å². The van der Waals surface area contributed by atoms with Crippen LogP contribution in [0.25, 0.3) is 0 Å². The van der Waals surface area contributed by atoms with Crippen LogP contribution < -0.4 is 5.73 Å². The molecule has 1 unspecified atom stereocenters. The second-order valence-corrected chi connectivity index (χ2v) is 7.80. The minimum Gasteiger partial charge on any atom is -0.376 e. The Bertz CT molecular complexity index is 229. The fourth-order valence-electron chi connectivity index (χ4n) is 2.90. The lowest BCUT2D eigenvalue weighted by Crippen LogP contribution is -2.33. The van der Waals surface area contributed by atoms with E-state index in [1.165, 1.54) is 57.8 Å². The number of unbranched alkanes of at least 4 members (excludes halogenated alkanes) is 7. The van der Waals surface area contributed by atoms with Gasteiger partial charge in [0.05, 0.1) is 5.60 Å². The van der Waals surface area contributed by atoms with Gasteiger partial charge in [0.1, 0.15) is 0 Å². The van der Waals surface area contributed by atoms with Crippen LogP contribution in [0.2, 0.25) is 0 Å². The number of rotatable bonds is 14. The van der Waals surface area contributed by atoms with E-state index in [1.807, 2.05) is 6.92 Å². The summed E-state index contributed by atoms with van der Waals surface area (Å²) in [4.78, 5) is 0. The Kier molecular flexibility index (Phi) is 16.4. The van der Waals surface area contributed by atoms with E-state index in [0.29, 0.717) is 0 Å². The van der Waals surface area contributed by atoms with Crippen LogP contribution in [-0.2, 0) is 4.74 Å². The van der Waals surface area contributed by atoms with Gasteiger partial charge >= 0.3 is 0 Å². The maximum atomic E-state index is 5.94. The highest BCUT2D eigenvalue weighted by molar-refractivity contribution is 5.85.